The molecule has 1 heterocycles. The number of ether oxygens (including phenoxy) is 1. The summed E-state index contributed by atoms with van der Waals surface area (Å²) in [4.78, 5) is 0. The molecule has 0 N–H and O–H groups in total. The summed E-state index contributed by atoms with van der Waals surface area (Å²) < 4.78 is 5.52. The number of hydrogen-bond donors (Lipinski definition) is 0. The molecule has 1 nitrogen and oxygen atoms in total. The molecule has 0 atom stereocenters. The van der Waals surface area contributed by atoms with Crippen molar-refractivity contribution in [3.63, 3.8) is 0 Å². The van der Waals surface area contributed by atoms with Crippen molar-refractivity contribution < 1.29 is 4.74 Å². The van der Waals surface area contributed by atoms with Crippen molar-refractivity contribution in [3.05, 3.63) is 35.1 Å². The summed E-state index contributed by atoms with van der Waals surface area (Å²) in [7, 11) is 0. The normalized spacial score (nSPS) is 20.3. The molecule has 0 fully saturated rings. The number of rotatable bonds is 2. The number of fused-ring (bicyclic) bond motifs is 1. The predicted octanol–water partition coefficient (Wildman–Crippen LogP) is 2.57. The van der Waals surface area contributed by atoms with Gasteiger partial charge in [0.25, 0.3) is 0 Å². The van der Waals surface area contributed by atoms with Gasteiger partial charge in [-0.2, -0.15) is 0 Å². The molecule has 2 aliphatic rings. The van der Waals surface area contributed by atoms with Crippen molar-refractivity contribution in [2.45, 2.75) is 19.8 Å². The summed E-state index contributed by atoms with van der Waals surface area (Å²) in [6.07, 6.45) is 8.63. The van der Waals surface area contributed by atoms with E-state index in [1.807, 2.05) is 0 Å². The van der Waals surface area contributed by atoms with E-state index in [-0.39, 0.29) is 0 Å². The second-order valence-corrected chi connectivity index (χ2v) is 2.93. The molecule has 0 aromatic heterocycles. The van der Waals surface area contributed by atoms with Gasteiger partial charge in [-0.15, -0.1) is 0 Å². The summed E-state index contributed by atoms with van der Waals surface area (Å²) in [6, 6.07) is 0. The van der Waals surface area contributed by atoms with E-state index in [4.69, 9.17) is 4.74 Å². The van der Waals surface area contributed by atoms with Gasteiger partial charge in [-0.25, -0.2) is 0 Å². The van der Waals surface area contributed by atoms with Gasteiger partial charge < -0.3 is 4.74 Å². The van der Waals surface area contributed by atoms with Crippen LogP contribution in [0.15, 0.2) is 35.1 Å². The minimum atomic E-state index is 0.789. The average molecular weight is 148 g/mol. The first-order valence-corrected chi connectivity index (χ1v) is 4.15. The SMILES string of the molecule is CCCC1=C2C=CC=C2CO1. The van der Waals surface area contributed by atoms with Gasteiger partial charge in [-0.1, -0.05) is 25.2 Å². The van der Waals surface area contributed by atoms with E-state index < -0.39 is 0 Å². The van der Waals surface area contributed by atoms with E-state index >= 15 is 0 Å². The fourth-order valence-corrected chi connectivity index (χ4v) is 1.53. The van der Waals surface area contributed by atoms with Crippen LogP contribution in [0.25, 0.3) is 0 Å². The minimum Gasteiger partial charge on any atom is -0.493 e. The minimum absolute atomic E-state index is 0.789. The lowest BCUT2D eigenvalue weighted by molar-refractivity contribution is 0.248. The van der Waals surface area contributed by atoms with E-state index in [2.05, 4.69) is 25.2 Å². The first-order valence-electron chi connectivity index (χ1n) is 4.15. The summed E-state index contributed by atoms with van der Waals surface area (Å²) in [5.74, 6) is 1.19. The Hall–Kier alpha value is -0.980. The second-order valence-electron chi connectivity index (χ2n) is 2.93. The topological polar surface area (TPSA) is 9.23 Å². The molecule has 0 amide bonds. The maximum atomic E-state index is 5.52. The van der Waals surface area contributed by atoms with Crippen LogP contribution in [0.5, 0.6) is 0 Å². The van der Waals surface area contributed by atoms with Gasteiger partial charge in [0.05, 0.1) is 0 Å². The molecule has 1 aliphatic carbocycles. The van der Waals surface area contributed by atoms with Crippen LogP contribution < -0.4 is 0 Å². The smallest absolute Gasteiger partial charge is 0.114 e. The van der Waals surface area contributed by atoms with Crippen LogP contribution in [0.3, 0.4) is 0 Å². The average Bonchev–Trinajstić information content (AvgIpc) is 2.53. The highest BCUT2D eigenvalue weighted by atomic mass is 16.5. The van der Waals surface area contributed by atoms with E-state index in [9.17, 15) is 0 Å². The summed E-state index contributed by atoms with van der Waals surface area (Å²) >= 11 is 0. The highest BCUT2D eigenvalue weighted by molar-refractivity contribution is 5.52. The Morgan fingerprint density at radius 2 is 2.45 bits per heavy atom. The maximum absolute atomic E-state index is 5.52. The van der Waals surface area contributed by atoms with Crippen LogP contribution in [0.4, 0.5) is 0 Å². The highest BCUT2D eigenvalue weighted by Gasteiger charge is 2.19. The van der Waals surface area contributed by atoms with Gasteiger partial charge in [0.1, 0.15) is 12.4 Å². The maximum Gasteiger partial charge on any atom is 0.114 e. The molecule has 1 heteroatoms. The van der Waals surface area contributed by atoms with Crippen molar-refractivity contribution >= 4 is 0 Å². The molecule has 0 bridgehead atoms. The molecule has 0 unspecified atom stereocenters. The van der Waals surface area contributed by atoms with Crippen LogP contribution in [0, 0.1) is 0 Å². The second kappa shape index (κ2) is 2.57. The Kier molecular flexibility index (Phi) is 1.57. The van der Waals surface area contributed by atoms with Gasteiger partial charge >= 0.3 is 0 Å². The quantitative estimate of drug-likeness (QED) is 0.584. The van der Waals surface area contributed by atoms with Crippen LogP contribution >= 0.6 is 0 Å². The fraction of sp³-hybridized carbons (Fsp3) is 0.400. The van der Waals surface area contributed by atoms with E-state index in [0.717, 1.165) is 13.0 Å². The molecule has 1 aliphatic heterocycles. The Labute approximate surface area is 67.1 Å². The summed E-state index contributed by atoms with van der Waals surface area (Å²) in [5, 5.41) is 0. The molecule has 0 saturated carbocycles. The third-order valence-electron chi connectivity index (χ3n) is 2.09. The molecule has 2 rings (SSSR count). The van der Waals surface area contributed by atoms with Crippen molar-refractivity contribution in [3.8, 4) is 0 Å². The standard InChI is InChI=1S/C10H12O/c1-2-4-10-9-6-3-5-8(9)7-11-10/h3,5-6H,2,4,7H2,1H3. The molecule has 0 radical (unpaired) electrons. The van der Waals surface area contributed by atoms with Crippen LogP contribution in [-0.2, 0) is 4.74 Å². The van der Waals surface area contributed by atoms with E-state index in [1.165, 1.54) is 23.3 Å². The fourth-order valence-electron chi connectivity index (χ4n) is 1.53. The summed E-state index contributed by atoms with van der Waals surface area (Å²) in [6.45, 7) is 2.97. The van der Waals surface area contributed by atoms with Crippen molar-refractivity contribution in [2.24, 2.45) is 0 Å². The number of allylic oxidation sites excluding steroid dienone is 4. The monoisotopic (exact) mass is 148 g/mol. The van der Waals surface area contributed by atoms with Gasteiger partial charge in [0.15, 0.2) is 0 Å². The Balaban J connectivity index is 2.25. The zero-order valence-electron chi connectivity index (χ0n) is 6.76. The Morgan fingerprint density at radius 3 is 3.27 bits per heavy atom. The van der Waals surface area contributed by atoms with Crippen LogP contribution in [-0.4, -0.2) is 6.61 Å². The molecular formula is C10H12O. The van der Waals surface area contributed by atoms with Crippen LogP contribution in [0.1, 0.15) is 19.8 Å². The Morgan fingerprint density at radius 1 is 1.55 bits per heavy atom. The molecule has 0 spiro atoms. The lowest BCUT2D eigenvalue weighted by atomic mass is 10.1. The lowest BCUT2D eigenvalue weighted by Crippen LogP contribution is -1.85. The highest BCUT2D eigenvalue weighted by Crippen LogP contribution is 2.31. The molecule has 0 aromatic rings. The predicted molar refractivity (Wildman–Crippen MR) is 45.1 cm³/mol. The van der Waals surface area contributed by atoms with Gasteiger partial charge in [-0.3, -0.25) is 0 Å². The van der Waals surface area contributed by atoms with Gasteiger partial charge in [-0.05, 0) is 12.0 Å². The van der Waals surface area contributed by atoms with E-state index in [0.29, 0.717) is 0 Å². The Bertz CT molecular complexity index is 256. The first-order chi connectivity index (χ1) is 5.42. The molecule has 0 aromatic carbocycles. The summed E-state index contributed by atoms with van der Waals surface area (Å²) in [5.41, 5.74) is 2.69. The van der Waals surface area contributed by atoms with Crippen molar-refractivity contribution in [1.29, 1.82) is 0 Å². The molecular weight excluding hydrogens is 136 g/mol. The van der Waals surface area contributed by atoms with Crippen molar-refractivity contribution in [2.75, 3.05) is 6.61 Å². The zero-order valence-corrected chi connectivity index (χ0v) is 6.76. The lowest BCUT2D eigenvalue weighted by Gasteiger charge is -2.00. The molecule has 11 heavy (non-hydrogen) atoms. The van der Waals surface area contributed by atoms with E-state index in [1.54, 1.807) is 0 Å². The zero-order chi connectivity index (χ0) is 7.68. The largest absolute Gasteiger partial charge is 0.493 e. The van der Waals surface area contributed by atoms with Gasteiger partial charge in [0, 0.05) is 12.0 Å². The molecule has 0 saturated heterocycles. The first kappa shape index (κ1) is 6.71. The molecule has 58 valence electrons. The van der Waals surface area contributed by atoms with Crippen LogP contribution in [0.2, 0.25) is 0 Å². The third-order valence-corrected chi connectivity index (χ3v) is 2.09. The number of hydrogen-bond acceptors (Lipinski definition) is 1. The van der Waals surface area contributed by atoms with Crippen molar-refractivity contribution in [1.82, 2.24) is 0 Å². The van der Waals surface area contributed by atoms with Gasteiger partial charge in [0.2, 0.25) is 0 Å². The third kappa shape index (κ3) is 1.01.